The van der Waals surface area contributed by atoms with Gasteiger partial charge < -0.3 is 10.1 Å². The lowest BCUT2D eigenvalue weighted by Gasteiger charge is -2.21. The summed E-state index contributed by atoms with van der Waals surface area (Å²) in [4.78, 5) is 11.8. The van der Waals surface area contributed by atoms with Crippen molar-refractivity contribution in [3.8, 4) is 0 Å². The van der Waals surface area contributed by atoms with Crippen molar-refractivity contribution in [2.75, 3.05) is 5.75 Å². The molecule has 2 N–H and O–H groups in total. The SMILES string of the molecule is O=C(NC1CSC(F)(c2ccccc2)N1)OCc1ccccc1. The van der Waals surface area contributed by atoms with E-state index in [1.807, 2.05) is 36.4 Å². The first-order chi connectivity index (χ1) is 11.2. The predicted octanol–water partition coefficient (Wildman–Crippen LogP) is 3.36. The summed E-state index contributed by atoms with van der Waals surface area (Å²) in [5, 5.41) is 3.74. The molecule has 6 heteroatoms. The second-order valence-corrected chi connectivity index (χ2v) is 6.36. The molecule has 2 aromatic carbocycles. The number of alkyl halides is 1. The van der Waals surface area contributed by atoms with Gasteiger partial charge in [-0.1, -0.05) is 72.4 Å². The van der Waals surface area contributed by atoms with Gasteiger partial charge in [0.05, 0.1) is 6.17 Å². The van der Waals surface area contributed by atoms with Crippen molar-refractivity contribution in [1.82, 2.24) is 10.6 Å². The highest BCUT2D eigenvalue weighted by atomic mass is 32.2. The molecule has 2 unspecified atom stereocenters. The van der Waals surface area contributed by atoms with Gasteiger partial charge in [-0.2, -0.15) is 0 Å². The molecule has 3 rings (SSSR count). The number of thioether (sulfide) groups is 1. The van der Waals surface area contributed by atoms with Gasteiger partial charge in [-0.3, -0.25) is 5.32 Å². The molecule has 0 radical (unpaired) electrons. The Kier molecular flexibility index (Phi) is 4.83. The number of ether oxygens (including phenoxy) is 1. The van der Waals surface area contributed by atoms with Crippen LogP contribution in [0.15, 0.2) is 60.7 Å². The van der Waals surface area contributed by atoms with E-state index in [1.165, 1.54) is 0 Å². The first-order valence-corrected chi connectivity index (χ1v) is 8.27. The van der Waals surface area contributed by atoms with Gasteiger partial charge in [0.1, 0.15) is 6.61 Å². The number of benzene rings is 2. The molecule has 0 aliphatic carbocycles. The summed E-state index contributed by atoms with van der Waals surface area (Å²) in [6, 6.07) is 18.2. The lowest BCUT2D eigenvalue weighted by molar-refractivity contribution is 0.130. The van der Waals surface area contributed by atoms with Crippen molar-refractivity contribution in [3.05, 3.63) is 71.8 Å². The van der Waals surface area contributed by atoms with E-state index in [-0.39, 0.29) is 6.61 Å². The van der Waals surface area contributed by atoms with Gasteiger partial charge in [0.15, 0.2) is 0 Å². The molecule has 120 valence electrons. The summed E-state index contributed by atoms with van der Waals surface area (Å²) in [5.74, 6) is 0.422. The topological polar surface area (TPSA) is 50.4 Å². The van der Waals surface area contributed by atoms with E-state index in [2.05, 4.69) is 10.6 Å². The fourth-order valence-corrected chi connectivity index (χ4v) is 3.40. The van der Waals surface area contributed by atoms with Crippen LogP contribution in [0.3, 0.4) is 0 Å². The number of hydrogen-bond donors (Lipinski definition) is 2. The summed E-state index contributed by atoms with van der Waals surface area (Å²) in [5.41, 5.74) is 1.44. The number of nitrogens with one attached hydrogen (secondary N) is 2. The number of halogens is 1. The van der Waals surface area contributed by atoms with Crippen molar-refractivity contribution >= 4 is 17.9 Å². The zero-order valence-corrected chi connectivity index (χ0v) is 13.2. The van der Waals surface area contributed by atoms with Crippen molar-refractivity contribution < 1.29 is 13.9 Å². The fraction of sp³-hybridized carbons (Fsp3) is 0.235. The molecule has 23 heavy (non-hydrogen) atoms. The molecule has 0 bridgehead atoms. The lowest BCUT2D eigenvalue weighted by Crippen LogP contribution is -2.47. The average Bonchev–Trinajstić information content (AvgIpc) is 2.97. The van der Waals surface area contributed by atoms with E-state index in [0.717, 1.165) is 17.3 Å². The maximum atomic E-state index is 14.9. The maximum absolute atomic E-state index is 14.9. The smallest absolute Gasteiger partial charge is 0.408 e. The number of hydrogen-bond acceptors (Lipinski definition) is 4. The molecule has 1 saturated heterocycles. The molecule has 0 spiro atoms. The van der Waals surface area contributed by atoms with Crippen molar-refractivity contribution in [2.24, 2.45) is 0 Å². The molecule has 4 nitrogen and oxygen atoms in total. The van der Waals surface area contributed by atoms with E-state index in [0.29, 0.717) is 11.3 Å². The molecule has 1 aliphatic rings. The molecule has 1 fully saturated rings. The van der Waals surface area contributed by atoms with Gasteiger partial charge in [0, 0.05) is 11.3 Å². The molecule has 0 aromatic heterocycles. The van der Waals surface area contributed by atoms with Crippen LogP contribution in [0.1, 0.15) is 11.1 Å². The Morgan fingerprint density at radius 2 is 1.87 bits per heavy atom. The van der Waals surface area contributed by atoms with Gasteiger partial charge in [0.25, 0.3) is 0 Å². The zero-order chi connectivity index (χ0) is 16.1. The molecule has 1 heterocycles. The van der Waals surface area contributed by atoms with E-state index in [9.17, 15) is 9.18 Å². The van der Waals surface area contributed by atoms with E-state index in [4.69, 9.17) is 4.74 Å². The Morgan fingerprint density at radius 1 is 1.22 bits per heavy atom. The van der Waals surface area contributed by atoms with Crippen LogP contribution in [0.4, 0.5) is 9.18 Å². The number of carbonyl (C=O) groups is 1. The minimum atomic E-state index is -1.70. The summed E-state index contributed by atoms with van der Waals surface area (Å²) in [7, 11) is 0. The molecule has 1 aliphatic heterocycles. The third-order valence-corrected chi connectivity index (χ3v) is 4.71. The van der Waals surface area contributed by atoms with Gasteiger partial charge >= 0.3 is 6.09 Å². The maximum Gasteiger partial charge on any atom is 0.408 e. The standard InChI is InChI=1S/C17H17FN2O2S/c18-17(14-9-5-2-6-10-14)20-15(12-23-17)19-16(21)22-11-13-7-3-1-4-8-13/h1-10,15,20H,11-12H2,(H,19,21). The van der Waals surface area contributed by atoms with Gasteiger partial charge in [-0.25, -0.2) is 9.18 Å². The third-order valence-electron chi connectivity index (χ3n) is 3.46. The summed E-state index contributed by atoms with van der Waals surface area (Å²) in [6.45, 7) is 0.186. The van der Waals surface area contributed by atoms with E-state index in [1.54, 1.807) is 24.3 Å². The predicted molar refractivity (Wildman–Crippen MR) is 88.4 cm³/mol. The minimum Gasteiger partial charge on any atom is -0.445 e. The van der Waals surface area contributed by atoms with Gasteiger partial charge in [0.2, 0.25) is 5.12 Å². The van der Waals surface area contributed by atoms with E-state index >= 15 is 0 Å². The van der Waals surface area contributed by atoms with Crippen LogP contribution in [0.5, 0.6) is 0 Å². The number of carbonyl (C=O) groups excluding carboxylic acids is 1. The Balaban J connectivity index is 1.51. The fourth-order valence-electron chi connectivity index (χ4n) is 2.31. The lowest BCUT2D eigenvalue weighted by atomic mass is 10.2. The molecule has 1 amide bonds. The largest absolute Gasteiger partial charge is 0.445 e. The quantitative estimate of drug-likeness (QED) is 0.843. The van der Waals surface area contributed by atoms with E-state index < -0.39 is 17.4 Å². The van der Waals surface area contributed by atoms with Gasteiger partial charge in [-0.05, 0) is 5.56 Å². The second-order valence-electron chi connectivity index (χ2n) is 5.18. The normalized spacial score (nSPS) is 23.4. The van der Waals surface area contributed by atoms with Crippen LogP contribution >= 0.6 is 11.8 Å². The van der Waals surface area contributed by atoms with Crippen molar-refractivity contribution in [3.63, 3.8) is 0 Å². The molecule has 2 aromatic rings. The van der Waals surface area contributed by atoms with Crippen LogP contribution in [0, 0.1) is 0 Å². The van der Waals surface area contributed by atoms with Crippen molar-refractivity contribution in [2.45, 2.75) is 17.9 Å². The Bertz CT molecular complexity index is 656. The zero-order valence-electron chi connectivity index (χ0n) is 12.4. The highest BCUT2D eigenvalue weighted by Crippen LogP contribution is 2.40. The Morgan fingerprint density at radius 3 is 2.57 bits per heavy atom. The molecule has 2 atom stereocenters. The number of amides is 1. The highest BCUT2D eigenvalue weighted by Gasteiger charge is 2.41. The van der Waals surface area contributed by atoms with Crippen LogP contribution in [-0.4, -0.2) is 18.0 Å². The summed E-state index contributed by atoms with van der Waals surface area (Å²) >= 11 is 1.11. The first-order valence-electron chi connectivity index (χ1n) is 7.29. The molecular formula is C17H17FN2O2S. The summed E-state index contributed by atoms with van der Waals surface area (Å²) in [6.07, 6.45) is -1.04. The van der Waals surface area contributed by atoms with Crippen LogP contribution in [0.25, 0.3) is 0 Å². The summed E-state index contributed by atoms with van der Waals surface area (Å²) < 4.78 is 20.0. The minimum absolute atomic E-state index is 0.186. The average molecular weight is 332 g/mol. The third kappa shape index (κ3) is 4.03. The molecule has 0 saturated carbocycles. The Labute approximate surface area is 138 Å². The monoisotopic (exact) mass is 332 g/mol. The number of alkyl carbamates (subject to hydrolysis) is 1. The van der Waals surface area contributed by atoms with Crippen molar-refractivity contribution in [1.29, 1.82) is 0 Å². The van der Waals surface area contributed by atoms with Gasteiger partial charge in [-0.15, -0.1) is 0 Å². The van der Waals surface area contributed by atoms with Crippen LogP contribution in [0.2, 0.25) is 0 Å². The highest BCUT2D eigenvalue weighted by molar-refractivity contribution is 8.00. The second kappa shape index (κ2) is 7.02. The molecular weight excluding hydrogens is 315 g/mol. The van der Waals surface area contributed by atoms with Crippen LogP contribution in [-0.2, 0) is 16.5 Å². The first kappa shape index (κ1) is 15.8. The number of rotatable bonds is 4. The van der Waals surface area contributed by atoms with Crippen LogP contribution < -0.4 is 10.6 Å². The Hall–Kier alpha value is -2.05.